The number of halogens is 3. The van der Waals surface area contributed by atoms with Crippen LogP contribution >= 0.6 is 0 Å². The molecule has 2 aromatic heterocycles. The molecule has 1 saturated heterocycles. The Labute approximate surface area is 285 Å². The fourth-order valence-electron chi connectivity index (χ4n) is 5.69. The number of H-pyrrole nitrogens is 1. The second-order valence-electron chi connectivity index (χ2n) is 11.9. The first-order valence-electron chi connectivity index (χ1n) is 16.2. The van der Waals surface area contributed by atoms with E-state index in [0.29, 0.717) is 36.1 Å². The van der Waals surface area contributed by atoms with Crippen LogP contribution in [0.2, 0.25) is 0 Å². The van der Waals surface area contributed by atoms with Gasteiger partial charge in [-0.15, -0.1) is 0 Å². The van der Waals surface area contributed by atoms with Gasteiger partial charge in [0.25, 0.3) is 5.56 Å². The maximum Gasteiger partial charge on any atom is 0.407 e. The number of Topliss-reactive ketones (excluding diaryl/α,β-unsaturated/α-hetero) is 1. The predicted octanol–water partition coefficient (Wildman–Crippen LogP) is 4.53. The Morgan fingerprint density at radius 3 is 2.58 bits per heavy atom. The quantitative estimate of drug-likeness (QED) is 0.155. The second-order valence-corrected chi connectivity index (χ2v) is 11.9. The molecule has 0 aliphatic carbocycles. The lowest BCUT2D eigenvalue weighted by atomic mass is 10.0. The number of ether oxygens (including phenoxy) is 2. The Morgan fingerprint density at radius 1 is 1.02 bits per heavy atom. The molecule has 50 heavy (non-hydrogen) atoms. The number of carbonyl (C=O) groups is 3. The van der Waals surface area contributed by atoms with Gasteiger partial charge in [0, 0.05) is 60.0 Å². The van der Waals surface area contributed by atoms with Crippen LogP contribution in [0.5, 0.6) is 5.75 Å². The highest BCUT2D eigenvalue weighted by molar-refractivity contribution is 5.89. The number of hydrogen-bond acceptors (Lipinski definition) is 7. The number of fused-ring (bicyclic) bond motifs is 1. The van der Waals surface area contributed by atoms with E-state index >= 15 is 0 Å². The molecule has 3 N–H and O–H groups in total. The number of rotatable bonds is 15. The number of aliphatic hydroxyl groups excluding tert-OH is 1. The van der Waals surface area contributed by atoms with Crippen molar-refractivity contribution in [2.45, 2.75) is 51.3 Å². The molecule has 11 nitrogen and oxygen atoms in total. The van der Waals surface area contributed by atoms with Crippen LogP contribution in [0.3, 0.4) is 0 Å². The summed E-state index contributed by atoms with van der Waals surface area (Å²) in [5.41, 5.74) is 0.695. The van der Waals surface area contributed by atoms with Crippen LogP contribution < -0.4 is 15.6 Å². The smallest absolute Gasteiger partial charge is 0.407 e. The van der Waals surface area contributed by atoms with Gasteiger partial charge in [-0.05, 0) is 62.1 Å². The summed E-state index contributed by atoms with van der Waals surface area (Å²) in [6, 6.07) is 9.17. The van der Waals surface area contributed by atoms with Crippen molar-refractivity contribution in [1.82, 2.24) is 19.8 Å². The zero-order chi connectivity index (χ0) is 35.6. The first kappa shape index (κ1) is 35.9. The van der Waals surface area contributed by atoms with Crippen molar-refractivity contribution in [2.24, 2.45) is 0 Å². The number of allylic oxidation sites excluding steroid dienone is 1. The molecule has 3 heterocycles. The minimum Gasteiger partial charge on any atom is -0.486 e. The number of aromatic amines is 1. The molecule has 2 aromatic carbocycles. The second kappa shape index (κ2) is 16.8. The number of benzene rings is 2. The first-order valence-corrected chi connectivity index (χ1v) is 16.2. The number of hydrogen-bond donors (Lipinski definition) is 3. The molecule has 2 amide bonds. The molecule has 1 aliphatic heterocycles. The van der Waals surface area contributed by atoms with Gasteiger partial charge in [0.05, 0.1) is 24.7 Å². The van der Waals surface area contributed by atoms with Gasteiger partial charge in [-0.1, -0.05) is 12.1 Å². The average Bonchev–Trinajstić information content (AvgIpc) is 3.77. The van der Waals surface area contributed by atoms with Gasteiger partial charge in [-0.3, -0.25) is 14.4 Å². The Kier molecular flexibility index (Phi) is 12.1. The SMILES string of the molecule is O=C(N[C@@H](CC/C=C/C(=O)N1CCCC1)C(=O)Cc1cccn(Cc2cc3cc(F)cc(OCc4ccc(F)cc4F)c3[nH]2)c1=O)OCCO. The zero-order valence-electron chi connectivity index (χ0n) is 27.1. The van der Waals surface area contributed by atoms with E-state index in [1.165, 1.54) is 35.0 Å². The molecule has 5 rings (SSSR count). The minimum atomic E-state index is -1.04. The van der Waals surface area contributed by atoms with Crippen molar-refractivity contribution in [3.63, 3.8) is 0 Å². The van der Waals surface area contributed by atoms with Gasteiger partial charge in [0.2, 0.25) is 5.91 Å². The number of ketones is 1. The number of likely N-dealkylation sites (tertiary alicyclic amines) is 1. The number of alkyl carbamates (subject to hydrolysis) is 1. The van der Waals surface area contributed by atoms with E-state index in [9.17, 15) is 32.3 Å². The van der Waals surface area contributed by atoms with Crippen molar-refractivity contribution >= 4 is 28.7 Å². The van der Waals surface area contributed by atoms with E-state index in [0.717, 1.165) is 31.0 Å². The standard InChI is InChI=1S/C36H37F3N4O7/c37-26-10-9-24(29(39)19-26)22-50-32-20-27(38)16-25-17-28(40-34(25)32)21-43-13-5-6-23(35(43)47)18-31(45)30(41-36(48)49-15-14-44)7-1-2-8-33(46)42-11-3-4-12-42/h2,5-6,8-10,13,16-17,19-20,30,40,44H,1,3-4,7,11-12,14-15,18,21-22H2,(H,41,48)/b8-2+/t30-/m0/s1. The number of aliphatic hydroxyl groups is 1. The molecule has 14 heteroatoms. The number of nitrogens with one attached hydrogen (secondary N) is 2. The summed E-state index contributed by atoms with van der Waals surface area (Å²) in [4.78, 5) is 56.3. The van der Waals surface area contributed by atoms with E-state index < -0.39 is 47.5 Å². The van der Waals surface area contributed by atoms with Crippen molar-refractivity contribution in [3.05, 3.63) is 112 Å². The van der Waals surface area contributed by atoms with Crippen molar-refractivity contribution in [1.29, 1.82) is 0 Å². The molecule has 1 fully saturated rings. The highest BCUT2D eigenvalue weighted by Crippen LogP contribution is 2.29. The minimum absolute atomic E-state index is 0.0220. The third kappa shape index (κ3) is 9.41. The van der Waals surface area contributed by atoms with Gasteiger partial charge in [0.15, 0.2) is 5.78 Å². The third-order valence-electron chi connectivity index (χ3n) is 8.22. The molecule has 0 radical (unpaired) electrons. The van der Waals surface area contributed by atoms with Crippen LogP contribution in [0.15, 0.2) is 71.7 Å². The number of nitrogens with zero attached hydrogens (tertiary/aromatic N) is 2. The lowest BCUT2D eigenvalue weighted by Gasteiger charge is -2.17. The molecule has 1 aliphatic rings. The number of carbonyl (C=O) groups excluding carboxylic acids is 3. The summed E-state index contributed by atoms with van der Waals surface area (Å²) < 4.78 is 53.8. The Balaban J connectivity index is 1.28. The van der Waals surface area contributed by atoms with E-state index in [1.807, 2.05) is 0 Å². The van der Waals surface area contributed by atoms with Crippen molar-refractivity contribution in [2.75, 3.05) is 26.3 Å². The average molecular weight is 695 g/mol. The Hall–Kier alpha value is -5.37. The summed E-state index contributed by atoms with van der Waals surface area (Å²) >= 11 is 0. The van der Waals surface area contributed by atoms with Crippen molar-refractivity contribution < 1.29 is 42.1 Å². The number of aromatic nitrogens is 2. The van der Waals surface area contributed by atoms with Crippen LogP contribution in [-0.2, 0) is 33.9 Å². The molecular weight excluding hydrogens is 657 g/mol. The molecule has 1 atom stereocenters. The van der Waals surface area contributed by atoms with Gasteiger partial charge in [-0.2, -0.15) is 0 Å². The van der Waals surface area contributed by atoms with Crippen LogP contribution in [-0.4, -0.2) is 69.7 Å². The van der Waals surface area contributed by atoms with Gasteiger partial charge >= 0.3 is 6.09 Å². The molecule has 0 spiro atoms. The van der Waals surface area contributed by atoms with E-state index in [2.05, 4.69) is 10.3 Å². The van der Waals surface area contributed by atoms with Crippen LogP contribution in [0, 0.1) is 17.5 Å². The fourth-order valence-corrected chi connectivity index (χ4v) is 5.69. The Bertz CT molecular complexity index is 1930. The van der Waals surface area contributed by atoms with Crippen LogP contribution in [0.25, 0.3) is 10.9 Å². The predicted molar refractivity (Wildman–Crippen MR) is 177 cm³/mol. The maximum absolute atomic E-state index is 14.5. The molecule has 4 aromatic rings. The summed E-state index contributed by atoms with van der Waals surface area (Å²) in [7, 11) is 0. The normalized spacial score (nSPS) is 13.6. The Morgan fingerprint density at radius 2 is 1.82 bits per heavy atom. The largest absolute Gasteiger partial charge is 0.486 e. The monoisotopic (exact) mass is 694 g/mol. The van der Waals surface area contributed by atoms with Gasteiger partial charge < -0.3 is 34.3 Å². The molecule has 264 valence electrons. The highest BCUT2D eigenvalue weighted by atomic mass is 19.1. The molecular formula is C36H37F3N4O7. The lowest BCUT2D eigenvalue weighted by Crippen LogP contribution is -2.42. The van der Waals surface area contributed by atoms with Crippen molar-refractivity contribution in [3.8, 4) is 5.75 Å². The summed E-state index contributed by atoms with van der Waals surface area (Å²) in [5, 5.41) is 11.9. The number of amides is 2. The highest BCUT2D eigenvalue weighted by Gasteiger charge is 2.23. The molecule has 0 bridgehead atoms. The lowest BCUT2D eigenvalue weighted by molar-refractivity contribution is -0.125. The first-order chi connectivity index (χ1) is 24.1. The van der Waals surface area contributed by atoms with Crippen LogP contribution in [0.1, 0.15) is 42.5 Å². The summed E-state index contributed by atoms with van der Waals surface area (Å²) in [6.07, 6.45) is 5.75. The third-order valence-corrected chi connectivity index (χ3v) is 8.22. The fraction of sp³-hybridized carbons (Fsp3) is 0.333. The summed E-state index contributed by atoms with van der Waals surface area (Å²) in [6.45, 7) is 0.484. The van der Waals surface area contributed by atoms with Gasteiger partial charge in [0.1, 0.15) is 36.4 Å². The van der Waals surface area contributed by atoms with E-state index in [1.54, 1.807) is 23.1 Å². The zero-order valence-corrected chi connectivity index (χ0v) is 27.1. The van der Waals surface area contributed by atoms with E-state index in [4.69, 9.17) is 14.6 Å². The summed E-state index contributed by atoms with van der Waals surface area (Å²) in [5.74, 6) is -2.62. The van der Waals surface area contributed by atoms with Crippen LogP contribution in [0.4, 0.5) is 18.0 Å². The topological polar surface area (TPSA) is 143 Å². The number of pyridine rings is 1. The van der Waals surface area contributed by atoms with E-state index in [-0.39, 0.29) is 55.4 Å². The van der Waals surface area contributed by atoms with Gasteiger partial charge in [-0.25, -0.2) is 18.0 Å². The molecule has 0 unspecified atom stereocenters. The molecule has 0 saturated carbocycles. The maximum atomic E-state index is 14.5.